The third-order valence-corrected chi connectivity index (χ3v) is 6.57. The summed E-state index contributed by atoms with van der Waals surface area (Å²) in [6.07, 6.45) is 2.32. The number of methoxy groups -OCH3 is 1. The van der Waals surface area contributed by atoms with E-state index in [1.807, 2.05) is 0 Å². The van der Waals surface area contributed by atoms with E-state index < -0.39 is 10.0 Å². The monoisotopic (exact) mass is 439 g/mol. The molecule has 0 aliphatic heterocycles. The second-order valence-electron chi connectivity index (χ2n) is 6.12. The van der Waals surface area contributed by atoms with E-state index in [9.17, 15) is 13.2 Å². The highest BCUT2D eigenvalue weighted by atomic mass is 35.5. The Morgan fingerprint density at radius 2 is 2.07 bits per heavy atom. The van der Waals surface area contributed by atoms with E-state index in [2.05, 4.69) is 22.3 Å². The number of thiol groups is 1. The number of rotatable bonds is 6. The number of aromatic nitrogens is 2. The zero-order valence-electron chi connectivity index (χ0n) is 14.9. The Bertz CT molecular complexity index is 1160. The number of fused-ring (bicyclic) bond motifs is 1. The molecule has 0 saturated heterocycles. The molecule has 0 spiro atoms. The van der Waals surface area contributed by atoms with Gasteiger partial charge < -0.3 is 10.5 Å². The van der Waals surface area contributed by atoms with Crippen molar-refractivity contribution in [1.29, 1.82) is 0 Å². The van der Waals surface area contributed by atoms with E-state index in [1.165, 1.54) is 35.5 Å². The summed E-state index contributed by atoms with van der Waals surface area (Å²) in [6.45, 7) is 0. The predicted octanol–water partition coefficient (Wildman–Crippen LogP) is 3.29. The topological polar surface area (TPSA) is 104 Å². The summed E-state index contributed by atoms with van der Waals surface area (Å²) in [4.78, 5) is 16.1. The minimum Gasteiger partial charge on any atom is -0.469 e. The number of hydrogen-bond donors (Lipinski definition) is 2. The minimum absolute atomic E-state index is 0.0197. The van der Waals surface area contributed by atoms with Crippen LogP contribution in [0.5, 0.6) is 0 Å². The maximum Gasteiger partial charge on any atom is 0.305 e. The molecule has 0 aliphatic carbocycles. The van der Waals surface area contributed by atoms with Gasteiger partial charge in [0.25, 0.3) is 10.0 Å². The summed E-state index contributed by atoms with van der Waals surface area (Å²) in [5, 5.41) is 0.981. The van der Waals surface area contributed by atoms with Crippen LogP contribution in [0.4, 0.5) is 5.69 Å². The largest absolute Gasteiger partial charge is 0.469 e. The van der Waals surface area contributed by atoms with Crippen molar-refractivity contribution < 1.29 is 17.9 Å². The van der Waals surface area contributed by atoms with Crippen LogP contribution in [0, 0.1) is 0 Å². The molecule has 0 amide bonds. The number of benzene rings is 1. The molecule has 0 bridgehead atoms. The molecule has 0 radical (unpaired) electrons. The summed E-state index contributed by atoms with van der Waals surface area (Å²) in [5.74, 6) is -0.358. The van der Waals surface area contributed by atoms with Crippen LogP contribution >= 0.6 is 24.2 Å². The van der Waals surface area contributed by atoms with E-state index >= 15 is 0 Å². The SMILES string of the molecule is COC(=O)CCCc1cc2cc(Cl)cnc2n1S(=O)(=O)c1ccc(S)c(N)c1. The number of nitrogen functional groups attached to an aromatic ring is 1. The number of nitrogens with zero attached hydrogens (tertiary/aromatic N) is 2. The molecule has 0 unspecified atom stereocenters. The molecule has 28 heavy (non-hydrogen) atoms. The second kappa shape index (κ2) is 8.02. The van der Waals surface area contributed by atoms with Gasteiger partial charge in [-0.2, -0.15) is 0 Å². The predicted molar refractivity (Wildman–Crippen MR) is 110 cm³/mol. The zero-order valence-corrected chi connectivity index (χ0v) is 17.4. The smallest absolute Gasteiger partial charge is 0.305 e. The first-order valence-corrected chi connectivity index (χ1v) is 10.6. The molecule has 3 aromatic rings. The summed E-state index contributed by atoms with van der Waals surface area (Å²) in [6, 6.07) is 7.67. The molecule has 7 nitrogen and oxygen atoms in total. The number of ether oxygens (including phenoxy) is 1. The standard InChI is InChI=1S/C18H18ClN3O4S2/c1-26-17(23)4-2-3-13-8-11-7-12(19)10-21-18(11)22(13)28(24,25)14-5-6-16(27)15(20)9-14/h5-10,27H,2-4,20H2,1H3. The number of nitrogens with two attached hydrogens (primary N) is 1. The van der Waals surface area contributed by atoms with Crippen LogP contribution < -0.4 is 5.73 Å². The summed E-state index contributed by atoms with van der Waals surface area (Å²) < 4.78 is 32.5. The van der Waals surface area contributed by atoms with Gasteiger partial charge in [-0.1, -0.05) is 11.6 Å². The van der Waals surface area contributed by atoms with Crippen molar-refractivity contribution in [2.24, 2.45) is 0 Å². The van der Waals surface area contributed by atoms with Crippen LogP contribution in [-0.4, -0.2) is 30.5 Å². The fraction of sp³-hybridized carbons (Fsp3) is 0.222. The van der Waals surface area contributed by atoms with Crippen LogP contribution in [0.3, 0.4) is 0 Å². The van der Waals surface area contributed by atoms with Gasteiger partial charge in [-0.15, -0.1) is 12.6 Å². The zero-order chi connectivity index (χ0) is 20.5. The van der Waals surface area contributed by atoms with E-state index in [0.717, 1.165) is 0 Å². The Morgan fingerprint density at radius 1 is 1.32 bits per heavy atom. The van der Waals surface area contributed by atoms with Crippen molar-refractivity contribution in [2.75, 3.05) is 12.8 Å². The van der Waals surface area contributed by atoms with Gasteiger partial charge in [0.15, 0.2) is 5.65 Å². The Balaban J connectivity index is 2.12. The third-order valence-electron chi connectivity index (χ3n) is 4.22. The average Bonchev–Trinajstić information content (AvgIpc) is 3.01. The molecule has 2 N–H and O–H groups in total. The van der Waals surface area contributed by atoms with Crippen molar-refractivity contribution in [3.05, 3.63) is 47.2 Å². The lowest BCUT2D eigenvalue weighted by atomic mass is 10.2. The van der Waals surface area contributed by atoms with Crippen molar-refractivity contribution in [3.8, 4) is 0 Å². The molecular formula is C18H18ClN3O4S2. The molecule has 0 aliphatic rings. The van der Waals surface area contributed by atoms with E-state index in [1.54, 1.807) is 12.1 Å². The minimum atomic E-state index is -3.98. The van der Waals surface area contributed by atoms with Gasteiger partial charge >= 0.3 is 5.97 Å². The maximum atomic E-state index is 13.3. The number of halogens is 1. The molecular weight excluding hydrogens is 422 g/mol. The molecule has 1 aromatic carbocycles. The first kappa shape index (κ1) is 20.5. The lowest BCUT2D eigenvalue weighted by Gasteiger charge is -2.12. The number of carbonyl (C=O) groups excluding carboxylic acids is 1. The number of aryl methyl sites for hydroxylation is 1. The summed E-state index contributed by atoms with van der Waals surface area (Å²) >= 11 is 10.2. The summed E-state index contributed by atoms with van der Waals surface area (Å²) in [7, 11) is -2.67. The van der Waals surface area contributed by atoms with Crippen LogP contribution in [0.15, 0.2) is 46.3 Å². The highest BCUT2D eigenvalue weighted by Crippen LogP contribution is 2.29. The Labute approximate surface area is 172 Å². The Morgan fingerprint density at radius 3 is 2.75 bits per heavy atom. The van der Waals surface area contributed by atoms with Crippen LogP contribution in [0.25, 0.3) is 11.0 Å². The Kier molecular flexibility index (Phi) is 5.87. The van der Waals surface area contributed by atoms with Crippen LogP contribution in [-0.2, 0) is 26.0 Å². The lowest BCUT2D eigenvalue weighted by molar-refractivity contribution is -0.140. The van der Waals surface area contributed by atoms with E-state index in [-0.39, 0.29) is 28.6 Å². The normalized spacial score (nSPS) is 11.7. The van der Waals surface area contributed by atoms with Gasteiger partial charge in [-0.3, -0.25) is 4.79 Å². The highest BCUT2D eigenvalue weighted by molar-refractivity contribution is 7.90. The highest BCUT2D eigenvalue weighted by Gasteiger charge is 2.24. The number of anilines is 1. The van der Waals surface area contributed by atoms with Gasteiger partial charge in [0, 0.05) is 34.3 Å². The van der Waals surface area contributed by atoms with Crippen molar-refractivity contribution in [1.82, 2.24) is 8.96 Å². The van der Waals surface area contributed by atoms with Gasteiger partial charge in [-0.25, -0.2) is 17.4 Å². The van der Waals surface area contributed by atoms with Crippen LogP contribution in [0.1, 0.15) is 18.5 Å². The summed E-state index contributed by atoms with van der Waals surface area (Å²) in [5.41, 5.74) is 6.83. The van der Waals surface area contributed by atoms with Crippen molar-refractivity contribution in [3.63, 3.8) is 0 Å². The molecule has 10 heteroatoms. The van der Waals surface area contributed by atoms with Gasteiger partial charge in [-0.05, 0) is 43.2 Å². The van der Waals surface area contributed by atoms with Crippen LogP contribution in [0.2, 0.25) is 5.02 Å². The van der Waals surface area contributed by atoms with Crippen molar-refractivity contribution in [2.45, 2.75) is 29.1 Å². The molecule has 0 fully saturated rings. The number of hydrogen-bond acceptors (Lipinski definition) is 7. The number of carbonyl (C=O) groups is 1. The number of esters is 1. The van der Waals surface area contributed by atoms with Gasteiger partial charge in [0.2, 0.25) is 0 Å². The van der Waals surface area contributed by atoms with E-state index in [4.69, 9.17) is 17.3 Å². The molecule has 148 valence electrons. The average molecular weight is 440 g/mol. The second-order valence-corrected chi connectivity index (χ2v) is 8.83. The van der Waals surface area contributed by atoms with Gasteiger partial charge in [0.1, 0.15) is 0 Å². The quantitative estimate of drug-likeness (QED) is 0.347. The Hall–Kier alpha value is -2.23. The first-order valence-electron chi connectivity index (χ1n) is 8.31. The fourth-order valence-corrected chi connectivity index (χ4v) is 4.72. The number of pyridine rings is 1. The lowest BCUT2D eigenvalue weighted by Crippen LogP contribution is -2.17. The van der Waals surface area contributed by atoms with Crippen molar-refractivity contribution >= 4 is 56.9 Å². The third kappa shape index (κ3) is 3.96. The molecule has 0 atom stereocenters. The molecule has 3 rings (SSSR count). The molecule has 2 aromatic heterocycles. The van der Waals surface area contributed by atoms with E-state index in [0.29, 0.717) is 33.8 Å². The molecule has 0 saturated carbocycles. The maximum absolute atomic E-state index is 13.3. The molecule has 2 heterocycles. The van der Waals surface area contributed by atoms with Gasteiger partial charge in [0.05, 0.1) is 17.0 Å². The first-order chi connectivity index (χ1) is 13.2. The fourth-order valence-electron chi connectivity index (χ4n) is 2.85.